The molecular formula is C9H15FN2Si. The fourth-order valence-corrected chi connectivity index (χ4v) is 3.25. The highest BCUT2D eigenvalue weighted by molar-refractivity contribution is 6.74. The average Bonchev–Trinajstić information content (AvgIpc) is 2.05. The SMILES string of the molecule is [C-]#[N+]C(CC)(CCC#N)[Si](C)(C)F. The van der Waals surface area contributed by atoms with E-state index >= 15 is 0 Å². The molecule has 0 aliphatic heterocycles. The molecule has 0 spiro atoms. The van der Waals surface area contributed by atoms with Gasteiger partial charge in [-0.3, -0.25) is 0 Å². The molecule has 0 amide bonds. The maximum Gasteiger partial charge on any atom is 0.336 e. The average molecular weight is 198 g/mol. The molecule has 0 fully saturated rings. The number of hydrogen-bond donors (Lipinski definition) is 0. The quantitative estimate of drug-likeness (QED) is 0.387. The minimum atomic E-state index is -2.98. The van der Waals surface area contributed by atoms with Gasteiger partial charge in [0.05, 0.1) is 6.07 Å². The van der Waals surface area contributed by atoms with Crippen LogP contribution in [0, 0.1) is 17.9 Å². The first kappa shape index (κ1) is 12.1. The molecule has 0 aromatic heterocycles. The maximum absolute atomic E-state index is 13.8. The van der Waals surface area contributed by atoms with Gasteiger partial charge in [-0.15, -0.1) is 0 Å². The van der Waals surface area contributed by atoms with Gasteiger partial charge in [-0.2, -0.15) is 5.26 Å². The number of halogens is 1. The minimum Gasteiger partial charge on any atom is -0.312 e. The number of rotatable bonds is 4. The Balaban J connectivity index is 4.76. The minimum absolute atomic E-state index is 0.274. The summed E-state index contributed by atoms with van der Waals surface area (Å²) in [6, 6.07) is 1.98. The lowest BCUT2D eigenvalue weighted by Crippen LogP contribution is -2.48. The van der Waals surface area contributed by atoms with E-state index in [0.717, 1.165) is 0 Å². The maximum atomic E-state index is 13.8. The van der Waals surface area contributed by atoms with E-state index in [1.54, 1.807) is 13.1 Å². The lowest BCUT2D eigenvalue weighted by molar-refractivity contribution is 0.540. The van der Waals surface area contributed by atoms with Crippen LogP contribution in [0.25, 0.3) is 4.85 Å². The Morgan fingerprint density at radius 3 is 2.38 bits per heavy atom. The van der Waals surface area contributed by atoms with Gasteiger partial charge in [-0.1, -0.05) is 6.92 Å². The predicted octanol–water partition coefficient (Wildman–Crippen LogP) is 3.07. The molecule has 4 heteroatoms. The summed E-state index contributed by atoms with van der Waals surface area (Å²) in [5, 5.41) is 7.54. The normalized spacial score (nSPS) is 15.5. The second kappa shape index (κ2) is 4.39. The summed E-state index contributed by atoms with van der Waals surface area (Å²) in [6.45, 7) is 12.0. The first-order chi connectivity index (χ1) is 5.93. The number of nitrogens with zero attached hydrogens (tertiary/aromatic N) is 2. The van der Waals surface area contributed by atoms with Crippen LogP contribution in [0.5, 0.6) is 0 Å². The van der Waals surface area contributed by atoms with Crippen LogP contribution in [0.3, 0.4) is 0 Å². The monoisotopic (exact) mass is 198 g/mol. The molecule has 0 aliphatic carbocycles. The van der Waals surface area contributed by atoms with Crippen molar-refractivity contribution in [2.45, 2.75) is 44.4 Å². The van der Waals surface area contributed by atoms with Gasteiger partial charge in [0.1, 0.15) is 0 Å². The molecule has 0 saturated heterocycles. The molecule has 0 aromatic rings. The summed E-state index contributed by atoms with van der Waals surface area (Å²) in [7, 11) is -2.98. The van der Waals surface area contributed by atoms with E-state index in [0.29, 0.717) is 12.8 Å². The molecule has 0 heterocycles. The summed E-state index contributed by atoms with van der Waals surface area (Å²) in [6.07, 6.45) is 1.16. The zero-order valence-electron chi connectivity index (χ0n) is 8.39. The Kier molecular flexibility index (Phi) is 4.09. The van der Waals surface area contributed by atoms with Gasteiger partial charge in [-0.05, 0) is 13.1 Å². The summed E-state index contributed by atoms with van der Waals surface area (Å²) in [5.41, 5.74) is 0. The smallest absolute Gasteiger partial charge is 0.312 e. The molecule has 0 bridgehead atoms. The van der Waals surface area contributed by atoms with Crippen molar-refractivity contribution < 1.29 is 4.11 Å². The van der Waals surface area contributed by atoms with E-state index in [1.165, 1.54) is 0 Å². The molecule has 1 unspecified atom stereocenters. The summed E-state index contributed by atoms with van der Waals surface area (Å²) >= 11 is 0. The second-order valence-electron chi connectivity index (χ2n) is 3.63. The van der Waals surface area contributed by atoms with Crippen molar-refractivity contribution in [3.8, 4) is 6.07 Å². The number of nitriles is 1. The van der Waals surface area contributed by atoms with Crippen molar-refractivity contribution in [3.05, 3.63) is 11.4 Å². The van der Waals surface area contributed by atoms with E-state index in [-0.39, 0.29) is 6.42 Å². The van der Waals surface area contributed by atoms with Crippen LogP contribution in [0.4, 0.5) is 4.11 Å². The molecule has 0 N–H and O–H groups in total. The molecule has 0 aliphatic rings. The number of hydrogen-bond acceptors (Lipinski definition) is 1. The molecule has 1 atom stereocenters. The Morgan fingerprint density at radius 1 is 1.62 bits per heavy atom. The largest absolute Gasteiger partial charge is 0.336 e. The van der Waals surface area contributed by atoms with Gasteiger partial charge in [-0.25, -0.2) is 6.57 Å². The van der Waals surface area contributed by atoms with Gasteiger partial charge < -0.3 is 8.95 Å². The van der Waals surface area contributed by atoms with Gasteiger partial charge in [0.15, 0.2) is 0 Å². The molecule has 2 nitrogen and oxygen atoms in total. The van der Waals surface area contributed by atoms with E-state index in [1.807, 2.05) is 13.0 Å². The van der Waals surface area contributed by atoms with E-state index in [4.69, 9.17) is 11.8 Å². The van der Waals surface area contributed by atoms with E-state index in [2.05, 4.69) is 4.85 Å². The third-order valence-corrected chi connectivity index (χ3v) is 5.48. The van der Waals surface area contributed by atoms with Crippen molar-refractivity contribution in [1.82, 2.24) is 0 Å². The van der Waals surface area contributed by atoms with Crippen LogP contribution in [0.1, 0.15) is 26.2 Å². The standard InChI is InChI=1S/C9H15FN2Si/c1-5-9(12-2,7-6-8-11)13(3,4)10/h5-7H2,1,3-4H3. The third-order valence-electron chi connectivity index (χ3n) is 2.56. The van der Waals surface area contributed by atoms with Crippen molar-refractivity contribution >= 4 is 8.41 Å². The van der Waals surface area contributed by atoms with Crippen LogP contribution in [0.2, 0.25) is 13.1 Å². The zero-order chi connectivity index (χ0) is 10.5. The zero-order valence-corrected chi connectivity index (χ0v) is 9.39. The van der Waals surface area contributed by atoms with Gasteiger partial charge in [0.25, 0.3) is 0 Å². The predicted molar refractivity (Wildman–Crippen MR) is 53.1 cm³/mol. The van der Waals surface area contributed by atoms with Gasteiger partial charge in [0, 0.05) is 19.3 Å². The van der Waals surface area contributed by atoms with Crippen LogP contribution < -0.4 is 0 Å². The van der Waals surface area contributed by atoms with E-state index in [9.17, 15) is 4.11 Å². The fourth-order valence-electron chi connectivity index (χ4n) is 1.42. The third kappa shape index (κ3) is 2.53. The Hall–Kier alpha value is -0.873. The molecule has 72 valence electrons. The topological polar surface area (TPSA) is 28.1 Å². The van der Waals surface area contributed by atoms with Crippen molar-refractivity contribution in [2.75, 3.05) is 0 Å². The lowest BCUT2D eigenvalue weighted by atomic mass is 10.1. The van der Waals surface area contributed by atoms with Crippen molar-refractivity contribution in [3.63, 3.8) is 0 Å². The molecule has 0 rings (SSSR count). The van der Waals surface area contributed by atoms with Crippen molar-refractivity contribution in [1.29, 1.82) is 5.26 Å². The summed E-state index contributed by atoms with van der Waals surface area (Å²) < 4.78 is 13.8. The Bertz CT molecular complexity index is 246. The van der Waals surface area contributed by atoms with Gasteiger partial charge >= 0.3 is 8.41 Å². The molecule has 0 aromatic carbocycles. The molecule has 13 heavy (non-hydrogen) atoms. The highest BCUT2D eigenvalue weighted by Crippen LogP contribution is 2.34. The summed E-state index contributed by atoms with van der Waals surface area (Å²) in [4.78, 5) is 3.43. The molecule has 0 saturated carbocycles. The van der Waals surface area contributed by atoms with Crippen LogP contribution in [-0.2, 0) is 0 Å². The fraction of sp³-hybridized carbons (Fsp3) is 0.778. The highest BCUT2D eigenvalue weighted by Gasteiger charge is 2.53. The lowest BCUT2D eigenvalue weighted by Gasteiger charge is -2.26. The summed E-state index contributed by atoms with van der Waals surface area (Å²) in [5.74, 6) is 0. The van der Waals surface area contributed by atoms with Crippen LogP contribution in [-0.4, -0.2) is 13.6 Å². The second-order valence-corrected chi connectivity index (χ2v) is 7.50. The van der Waals surface area contributed by atoms with Gasteiger partial charge in [0.2, 0.25) is 5.16 Å². The molecule has 0 radical (unpaired) electrons. The Labute approximate surface area is 80.4 Å². The van der Waals surface area contributed by atoms with E-state index < -0.39 is 13.6 Å². The van der Waals surface area contributed by atoms with Crippen LogP contribution in [0.15, 0.2) is 0 Å². The first-order valence-corrected chi connectivity index (χ1v) is 7.26. The van der Waals surface area contributed by atoms with Crippen LogP contribution >= 0.6 is 0 Å². The highest BCUT2D eigenvalue weighted by atomic mass is 28.4. The Morgan fingerprint density at radius 2 is 2.15 bits per heavy atom. The molecular weight excluding hydrogens is 183 g/mol. The van der Waals surface area contributed by atoms with Crippen molar-refractivity contribution in [2.24, 2.45) is 0 Å². The first-order valence-electron chi connectivity index (χ1n) is 4.38.